The van der Waals surface area contributed by atoms with Crippen LogP contribution in [0.25, 0.3) is 0 Å². The van der Waals surface area contributed by atoms with Crippen molar-refractivity contribution < 1.29 is 28.6 Å². The van der Waals surface area contributed by atoms with Gasteiger partial charge in [-0.25, -0.2) is 0 Å². The van der Waals surface area contributed by atoms with E-state index in [1.54, 1.807) is 55.5 Å². The fourth-order valence-corrected chi connectivity index (χ4v) is 3.30. The van der Waals surface area contributed by atoms with Gasteiger partial charge in [-0.3, -0.25) is 14.4 Å². The summed E-state index contributed by atoms with van der Waals surface area (Å²) in [6.45, 7) is 1.75. The first-order valence-electron chi connectivity index (χ1n) is 8.95. The molecule has 1 unspecified atom stereocenters. The molecule has 0 saturated carbocycles. The first-order chi connectivity index (χ1) is 13.5. The van der Waals surface area contributed by atoms with Crippen molar-refractivity contribution in [3.05, 3.63) is 71.8 Å². The topological polar surface area (TPSA) is 78.9 Å². The number of methoxy groups -OCH3 is 2. The monoisotopic (exact) mass is 384 g/mol. The normalized spacial score (nSPS) is 12.0. The smallest absolute Gasteiger partial charge is 0.320 e. The Kier molecular flexibility index (Phi) is 7.32. The van der Waals surface area contributed by atoms with Crippen molar-refractivity contribution >= 4 is 17.9 Å². The standard InChI is InChI=1S/C22H24O6/c1-4-28-20(24)18(19(23)26-2)15-22(21(25)27-3,16-11-7-5-8-12-16)17-13-9-6-10-14-17/h5-14,18H,4,15H2,1-3H3. The van der Waals surface area contributed by atoms with Gasteiger partial charge in [-0.15, -0.1) is 0 Å². The van der Waals surface area contributed by atoms with Gasteiger partial charge in [0.05, 0.1) is 20.8 Å². The molecular formula is C22H24O6. The van der Waals surface area contributed by atoms with Gasteiger partial charge in [0.15, 0.2) is 5.92 Å². The minimum Gasteiger partial charge on any atom is -0.468 e. The summed E-state index contributed by atoms with van der Waals surface area (Å²) in [5, 5.41) is 0. The lowest BCUT2D eigenvalue weighted by Crippen LogP contribution is -2.43. The Bertz CT molecular complexity index is 761. The maximum Gasteiger partial charge on any atom is 0.320 e. The van der Waals surface area contributed by atoms with Gasteiger partial charge in [0, 0.05) is 0 Å². The number of carbonyl (C=O) groups is 3. The van der Waals surface area contributed by atoms with Crippen LogP contribution < -0.4 is 0 Å². The third-order valence-electron chi connectivity index (χ3n) is 4.63. The van der Waals surface area contributed by atoms with Crippen molar-refractivity contribution in [1.29, 1.82) is 0 Å². The van der Waals surface area contributed by atoms with Gasteiger partial charge in [0.2, 0.25) is 0 Å². The van der Waals surface area contributed by atoms with Gasteiger partial charge in [0.25, 0.3) is 0 Å². The Labute approximate surface area is 164 Å². The van der Waals surface area contributed by atoms with E-state index in [2.05, 4.69) is 0 Å². The molecule has 0 spiro atoms. The molecular weight excluding hydrogens is 360 g/mol. The van der Waals surface area contributed by atoms with E-state index < -0.39 is 29.2 Å². The Morgan fingerprint density at radius 2 is 1.32 bits per heavy atom. The van der Waals surface area contributed by atoms with E-state index in [0.29, 0.717) is 11.1 Å². The molecule has 0 aliphatic heterocycles. The molecule has 0 saturated heterocycles. The van der Waals surface area contributed by atoms with Crippen LogP contribution in [0.1, 0.15) is 24.5 Å². The molecule has 0 bridgehead atoms. The number of hydrogen-bond acceptors (Lipinski definition) is 6. The maximum absolute atomic E-state index is 13.1. The second-order valence-electron chi connectivity index (χ2n) is 6.16. The molecule has 6 heteroatoms. The summed E-state index contributed by atoms with van der Waals surface area (Å²) in [6.07, 6.45) is -0.181. The molecule has 0 aromatic heterocycles. The molecule has 0 aliphatic rings. The molecule has 0 radical (unpaired) electrons. The van der Waals surface area contributed by atoms with Crippen molar-refractivity contribution in [3.63, 3.8) is 0 Å². The molecule has 0 fully saturated rings. The van der Waals surface area contributed by atoms with Crippen LogP contribution in [0.2, 0.25) is 0 Å². The van der Waals surface area contributed by atoms with Gasteiger partial charge in [-0.2, -0.15) is 0 Å². The third kappa shape index (κ3) is 4.22. The van der Waals surface area contributed by atoms with E-state index in [1.807, 2.05) is 12.1 Å². The van der Waals surface area contributed by atoms with E-state index in [4.69, 9.17) is 14.2 Å². The molecule has 2 aromatic rings. The average molecular weight is 384 g/mol. The molecule has 28 heavy (non-hydrogen) atoms. The molecule has 1 atom stereocenters. The second kappa shape index (κ2) is 9.69. The molecule has 0 amide bonds. The van der Waals surface area contributed by atoms with Crippen molar-refractivity contribution in [1.82, 2.24) is 0 Å². The maximum atomic E-state index is 13.1. The predicted molar refractivity (Wildman–Crippen MR) is 102 cm³/mol. The van der Waals surface area contributed by atoms with Crippen molar-refractivity contribution in [2.75, 3.05) is 20.8 Å². The van der Waals surface area contributed by atoms with E-state index in [-0.39, 0.29) is 13.0 Å². The highest BCUT2D eigenvalue weighted by atomic mass is 16.5. The highest BCUT2D eigenvalue weighted by Crippen LogP contribution is 2.40. The molecule has 148 valence electrons. The van der Waals surface area contributed by atoms with Crippen LogP contribution >= 0.6 is 0 Å². The molecule has 2 rings (SSSR count). The number of benzene rings is 2. The Balaban J connectivity index is 2.70. The van der Waals surface area contributed by atoms with Crippen LogP contribution in [0.15, 0.2) is 60.7 Å². The lowest BCUT2D eigenvalue weighted by molar-refractivity contribution is -0.162. The minimum absolute atomic E-state index is 0.105. The summed E-state index contributed by atoms with van der Waals surface area (Å²) in [4.78, 5) is 38.1. The summed E-state index contributed by atoms with van der Waals surface area (Å²) in [5.74, 6) is -3.37. The quantitative estimate of drug-likeness (QED) is 0.396. The van der Waals surface area contributed by atoms with Crippen LogP contribution in [0.5, 0.6) is 0 Å². The summed E-state index contributed by atoms with van der Waals surface area (Å²) in [6, 6.07) is 17.8. The zero-order valence-corrected chi connectivity index (χ0v) is 16.2. The van der Waals surface area contributed by atoms with Crippen molar-refractivity contribution in [2.24, 2.45) is 5.92 Å². The molecule has 0 N–H and O–H groups in total. The van der Waals surface area contributed by atoms with Crippen LogP contribution in [0, 0.1) is 5.92 Å². The van der Waals surface area contributed by atoms with E-state index >= 15 is 0 Å². The Morgan fingerprint density at radius 3 is 1.71 bits per heavy atom. The number of carbonyl (C=O) groups excluding carboxylic acids is 3. The molecule has 6 nitrogen and oxygen atoms in total. The van der Waals surface area contributed by atoms with Gasteiger partial charge < -0.3 is 14.2 Å². The lowest BCUT2D eigenvalue weighted by atomic mass is 9.69. The minimum atomic E-state index is -1.39. The van der Waals surface area contributed by atoms with Gasteiger partial charge in [0.1, 0.15) is 5.41 Å². The first-order valence-corrected chi connectivity index (χ1v) is 8.95. The number of ether oxygens (including phenoxy) is 3. The third-order valence-corrected chi connectivity index (χ3v) is 4.63. The van der Waals surface area contributed by atoms with Crippen LogP contribution in [0.3, 0.4) is 0 Å². The van der Waals surface area contributed by atoms with E-state index in [9.17, 15) is 14.4 Å². The summed E-state index contributed by atoms with van der Waals surface area (Å²) < 4.78 is 15.0. The van der Waals surface area contributed by atoms with Gasteiger partial charge >= 0.3 is 17.9 Å². The fraction of sp³-hybridized carbons (Fsp3) is 0.318. The predicted octanol–water partition coefficient (Wildman–Crippen LogP) is 2.89. The largest absolute Gasteiger partial charge is 0.468 e. The zero-order chi connectivity index (χ0) is 20.6. The first kappa shape index (κ1) is 21.2. The Morgan fingerprint density at radius 1 is 0.821 bits per heavy atom. The molecule has 0 aliphatic carbocycles. The average Bonchev–Trinajstić information content (AvgIpc) is 2.75. The van der Waals surface area contributed by atoms with Crippen LogP contribution in [-0.2, 0) is 34.0 Å². The number of rotatable bonds is 8. The fourth-order valence-electron chi connectivity index (χ4n) is 3.30. The molecule has 0 heterocycles. The molecule has 2 aromatic carbocycles. The van der Waals surface area contributed by atoms with E-state index in [0.717, 1.165) is 0 Å². The summed E-state index contributed by atoms with van der Waals surface area (Å²) in [7, 11) is 2.47. The summed E-state index contributed by atoms with van der Waals surface area (Å²) >= 11 is 0. The van der Waals surface area contributed by atoms with Crippen LogP contribution in [0.4, 0.5) is 0 Å². The van der Waals surface area contributed by atoms with Gasteiger partial charge in [-0.1, -0.05) is 60.7 Å². The highest BCUT2D eigenvalue weighted by molar-refractivity contribution is 5.97. The lowest BCUT2D eigenvalue weighted by Gasteiger charge is -2.34. The number of esters is 3. The second-order valence-corrected chi connectivity index (χ2v) is 6.16. The summed E-state index contributed by atoms with van der Waals surface area (Å²) in [5.41, 5.74) is -0.180. The van der Waals surface area contributed by atoms with E-state index in [1.165, 1.54) is 14.2 Å². The van der Waals surface area contributed by atoms with Crippen LogP contribution in [-0.4, -0.2) is 38.7 Å². The zero-order valence-electron chi connectivity index (χ0n) is 16.2. The van der Waals surface area contributed by atoms with Gasteiger partial charge in [-0.05, 0) is 24.5 Å². The van der Waals surface area contributed by atoms with Crippen molar-refractivity contribution in [3.8, 4) is 0 Å². The SMILES string of the molecule is CCOC(=O)C(CC(C(=O)OC)(c1ccccc1)c1ccccc1)C(=O)OC. The number of hydrogen-bond donors (Lipinski definition) is 0. The van der Waals surface area contributed by atoms with Crippen molar-refractivity contribution in [2.45, 2.75) is 18.8 Å². The Hall–Kier alpha value is -3.15. The highest BCUT2D eigenvalue weighted by Gasteiger charge is 2.48.